The van der Waals surface area contributed by atoms with Crippen molar-refractivity contribution >= 4 is 13.7 Å². The standard InChI is InChI=1S/C62H125N2O6P/c1-6-8-10-12-14-16-18-20-21-22-23-24-25-26-27-28-29-30-31-32-33-34-35-36-37-38-39-40-41-42-43-44-46-48-50-52-54-56-62(66)63-60(59-70-71(67,68)69-58-57-64(3,4)5)61(65)55-53-51-49-47-45-19-17-15-13-11-9-7-2/h30-31,60-61,65H,6-29,32-59H2,1-5H3,(H-,63,66,67,68)/b31-30-. The van der Waals surface area contributed by atoms with Crippen molar-refractivity contribution in [2.75, 3.05) is 40.9 Å². The molecular formula is C62H125N2O6P. The van der Waals surface area contributed by atoms with E-state index in [1.807, 2.05) is 21.1 Å². The fourth-order valence-electron chi connectivity index (χ4n) is 9.80. The van der Waals surface area contributed by atoms with Crippen LogP contribution in [0.5, 0.6) is 0 Å². The van der Waals surface area contributed by atoms with E-state index >= 15 is 0 Å². The molecule has 0 aliphatic carbocycles. The topological polar surface area (TPSA) is 108 Å². The van der Waals surface area contributed by atoms with Crippen LogP contribution in [0.3, 0.4) is 0 Å². The van der Waals surface area contributed by atoms with Crippen molar-refractivity contribution in [2.24, 2.45) is 0 Å². The molecule has 0 aromatic carbocycles. The summed E-state index contributed by atoms with van der Waals surface area (Å²) in [5.41, 5.74) is 0. The average Bonchev–Trinajstić information content (AvgIpc) is 3.33. The molecule has 0 fully saturated rings. The number of carbonyl (C=O) groups is 1. The van der Waals surface area contributed by atoms with E-state index in [0.29, 0.717) is 23.9 Å². The molecule has 0 saturated heterocycles. The first kappa shape index (κ1) is 70.2. The highest BCUT2D eigenvalue weighted by atomic mass is 31.2. The van der Waals surface area contributed by atoms with E-state index in [2.05, 4.69) is 31.3 Å². The van der Waals surface area contributed by atoms with Gasteiger partial charge in [-0.1, -0.05) is 296 Å². The van der Waals surface area contributed by atoms with Gasteiger partial charge in [-0.25, -0.2) is 0 Å². The number of nitrogens with zero attached hydrogens (tertiary/aromatic N) is 1. The van der Waals surface area contributed by atoms with Gasteiger partial charge in [0.2, 0.25) is 5.91 Å². The van der Waals surface area contributed by atoms with E-state index in [-0.39, 0.29) is 19.1 Å². The number of aliphatic hydroxyl groups excluding tert-OH is 1. The summed E-state index contributed by atoms with van der Waals surface area (Å²) < 4.78 is 23.4. The van der Waals surface area contributed by atoms with Crippen molar-refractivity contribution in [1.29, 1.82) is 0 Å². The van der Waals surface area contributed by atoms with Crippen LogP contribution in [0.1, 0.15) is 328 Å². The van der Waals surface area contributed by atoms with Crippen LogP contribution in [0, 0.1) is 0 Å². The minimum absolute atomic E-state index is 0.0151. The van der Waals surface area contributed by atoms with Crippen molar-refractivity contribution in [3.05, 3.63) is 12.2 Å². The smallest absolute Gasteiger partial charge is 0.268 e. The SMILES string of the molecule is CCCCCCCCCCCCCCCCCC/C=C\CCCCCCCCCCCCCCCCCCCC(=O)NC(COP(=O)([O-])OCC[N+](C)(C)C)C(O)CCCCCCCCCCCCCC. The Hall–Kier alpha value is -0.760. The molecule has 8 nitrogen and oxygen atoms in total. The molecule has 3 unspecified atom stereocenters. The predicted molar refractivity (Wildman–Crippen MR) is 307 cm³/mol. The lowest BCUT2D eigenvalue weighted by Gasteiger charge is -2.30. The zero-order valence-electron chi connectivity index (χ0n) is 48.5. The molecule has 3 atom stereocenters. The number of phosphoric ester groups is 1. The van der Waals surface area contributed by atoms with Crippen LogP contribution in [-0.4, -0.2) is 68.5 Å². The Morgan fingerprint density at radius 2 is 0.775 bits per heavy atom. The Balaban J connectivity index is 3.85. The van der Waals surface area contributed by atoms with Gasteiger partial charge < -0.3 is 28.8 Å². The zero-order chi connectivity index (χ0) is 52.0. The quantitative estimate of drug-likeness (QED) is 0.0272. The minimum Gasteiger partial charge on any atom is -0.756 e. The number of phosphoric acid groups is 1. The van der Waals surface area contributed by atoms with E-state index in [9.17, 15) is 19.4 Å². The Morgan fingerprint density at radius 3 is 1.10 bits per heavy atom. The summed E-state index contributed by atoms with van der Waals surface area (Å²) in [6, 6.07) is -0.796. The molecule has 0 saturated carbocycles. The second kappa shape index (κ2) is 54.0. The maximum Gasteiger partial charge on any atom is 0.268 e. The highest BCUT2D eigenvalue weighted by Gasteiger charge is 2.24. The molecule has 0 aliphatic heterocycles. The van der Waals surface area contributed by atoms with Crippen molar-refractivity contribution in [1.82, 2.24) is 5.32 Å². The lowest BCUT2D eigenvalue weighted by Crippen LogP contribution is -2.46. The first-order chi connectivity index (χ1) is 34.5. The number of rotatable bonds is 59. The zero-order valence-corrected chi connectivity index (χ0v) is 49.4. The summed E-state index contributed by atoms with van der Waals surface area (Å²) in [6.07, 6.45) is 67.2. The van der Waals surface area contributed by atoms with Crippen LogP contribution in [-0.2, 0) is 18.4 Å². The van der Waals surface area contributed by atoms with Crippen LogP contribution >= 0.6 is 7.82 Å². The van der Waals surface area contributed by atoms with Gasteiger partial charge in [0.1, 0.15) is 13.2 Å². The second-order valence-corrected chi connectivity index (χ2v) is 24.5. The minimum atomic E-state index is -4.57. The monoisotopic (exact) mass is 1020 g/mol. The van der Waals surface area contributed by atoms with Gasteiger partial charge in [-0.2, -0.15) is 0 Å². The lowest BCUT2D eigenvalue weighted by atomic mass is 10.0. The van der Waals surface area contributed by atoms with E-state index < -0.39 is 20.0 Å². The number of hydrogen-bond donors (Lipinski definition) is 2. The van der Waals surface area contributed by atoms with E-state index in [1.165, 1.54) is 263 Å². The molecule has 424 valence electrons. The van der Waals surface area contributed by atoms with Gasteiger partial charge in [0.25, 0.3) is 7.82 Å². The Kier molecular flexibility index (Phi) is 53.5. The Bertz CT molecular complexity index is 1160. The summed E-state index contributed by atoms with van der Waals surface area (Å²) in [5, 5.41) is 14.0. The first-order valence-electron chi connectivity index (χ1n) is 31.5. The third-order valence-corrected chi connectivity index (χ3v) is 15.7. The number of carbonyl (C=O) groups excluding carboxylic acids is 1. The normalized spacial score (nSPS) is 13.8. The van der Waals surface area contributed by atoms with E-state index in [0.717, 1.165) is 38.5 Å². The van der Waals surface area contributed by atoms with Crippen molar-refractivity contribution in [3.8, 4) is 0 Å². The second-order valence-electron chi connectivity index (χ2n) is 23.1. The third kappa shape index (κ3) is 56.8. The van der Waals surface area contributed by atoms with Crippen molar-refractivity contribution in [2.45, 2.75) is 341 Å². The molecule has 0 rings (SSSR count). The summed E-state index contributed by atoms with van der Waals surface area (Å²) in [5.74, 6) is -0.159. The number of aliphatic hydroxyl groups is 1. The molecule has 0 aromatic rings. The number of likely N-dealkylation sites (N-methyl/N-ethyl adjacent to an activating group) is 1. The van der Waals surface area contributed by atoms with Gasteiger partial charge in [0.05, 0.1) is 39.9 Å². The van der Waals surface area contributed by atoms with Gasteiger partial charge in [0.15, 0.2) is 0 Å². The van der Waals surface area contributed by atoms with Crippen molar-refractivity contribution in [3.63, 3.8) is 0 Å². The molecule has 0 spiro atoms. The molecule has 0 bridgehead atoms. The molecule has 0 heterocycles. The van der Waals surface area contributed by atoms with Gasteiger partial charge in [0, 0.05) is 6.42 Å². The number of allylic oxidation sites excluding steroid dienone is 2. The van der Waals surface area contributed by atoms with E-state index in [4.69, 9.17) is 9.05 Å². The van der Waals surface area contributed by atoms with Gasteiger partial charge in [-0.15, -0.1) is 0 Å². The first-order valence-corrected chi connectivity index (χ1v) is 33.0. The number of amides is 1. The molecule has 1 amide bonds. The number of nitrogens with one attached hydrogen (secondary N) is 1. The Morgan fingerprint density at radius 1 is 0.479 bits per heavy atom. The number of unbranched alkanes of at least 4 members (excludes halogenated alkanes) is 44. The van der Waals surface area contributed by atoms with Crippen LogP contribution in [0.2, 0.25) is 0 Å². The summed E-state index contributed by atoms with van der Waals surface area (Å²) in [6.45, 7) is 4.76. The molecular weight excluding hydrogens is 900 g/mol. The summed E-state index contributed by atoms with van der Waals surface area (Å²) >= 11 is 0. The fraction of sp³-hybridized carbons (Fsp3) is 0.952. The largest absolute Gasteiger partial charge is 0.756 e. The van der Waals surface area contributed by atoms with Gasteiger partial charge in [-0.05, 0) is 38.5 Å². The molecule has 0 radical (unpaired) electrons. The maximum absolute atomic E-state index is 13.0. The molecule has 0 aliphatic rings. The fourth-order valence-corrected chi connectivity index (χ4v) is 10.5. The third-order valence-electron chi connectivity index (χ3n) is 14.8. The summed E-state index contributed by atoms with van der Waals surface area (Å²) in [7, 11) is 1.32. The van der Waals surface area contributed by atoms with Gasteiger partial charge >= 0.3 is 0 Å². The van der Waals surface area contributed by atoms with Gasteiger partial charge in [-0.3, -0.25) is 9.36 Å². The highest BCUT2D eigenvalue weighted by molar-refractivity contribution is 7.45. The molecule has 71 heavy (non-hydrogen) atoms. The maximum atomic E-state index is 13.0. The number of quaternary nitrogens is 1. The summed E-state index contributed by atoms with van der Waals surface area (Å²) in [4.78, 5) is 25.5. The van der Waals surface area contributed by atoms with Crippen LogP contribution < -0.4 is 10.2 Å². The Labute approximate surface area is 443 Å². The lowest BCUT2D eigenvalue weighted by molar-refractivity contribution is -0.870. The molecule has 0 aromatic heterocycles. The predicted octanol–water partition coefficient (Wildman–Crippen LogP) is 18.8. The highest BCUT2D eigenvalue weighted by Crippen LogP contribution is 2.38. The van der Waals surface area contributed by atoms with Crippen LogP contribution in [0.25, 0.3) is 0 Å². The average molecular weight is 1030 g/mol. The van der Waals surface area contributed by atoms with Crippen LogP contribution in [0.15, 0.2) is 12.2 Å². The molecule has 9 heteroatoms. The van der Waals surface area contributed by atoms with Crippen LogP contribution in [0.4, 0.5) is 0 Å². The van der Waals surface area contributed by atoms with Crippen molar-refractivity contribution < 1.29 is 32.9 Å². The molecule has 2 N–H and O–H groups in total. The number of hydrogen-bond acceptors (Lipinski definition) is 6. The van der Waals surface area contributed by atoms with E-state index in [1.54, 1.807) is 0 Å².